The van der Waals surface area contributed by atoms with E-state index in [2.05, 4.69) is 30.3 Å². The molecule has 134 valence electrons. The first-order valence-corrected chi connectivity index (χ1v) is 6.72. The second-order valence-corrected chi connectivity index (χ2v) is 4.89. The summed E-state index contributed by atoms with van der Waals surface area (Å²) < 4.78 is 24.7. The monoisotopic (exact) mass is 366 g/mol. The molecule has 0 fully saturated rings. The number of benzene rings is 2. The SMILES string of the molecule is Oc1cc(-c2nnc(-c3cc(O)c(O)c(OF)c3)nn2)cc(OF)c1O. The van der Waals surface area contributed by atoms with Gasteiger partial charge >= 0.3 is 0 Å². The number of hydrogen-bond donors (Lipinski definition) is 4. The number of phenols is 4. The van der Waals surface area contributed by atoms with E-state index in [0.717, 1.165) is 24.3 Å². The van der Waals surface area contributed by atoms with Crippen LogP contribution in [0.4, 0.5) is 9.05 Å². The Morgan fingerprint density at radius 1 is 0.615 bits per heavy atom. The molecule has 0 radical (unpaired) electrons. The molecular formula is C14H8F2N4O6. The third-order valence-electron chi connectivity index (χ3n) is 3.27. The molecule has 0 saturated carbocycles. The molecule has 0 amide bonds. The zero-order chi connectivity index (χ0) is 18.8. The molecule has 1 heterocycles. The van der Waals surface area contributed by atoms with Crippen molar-refractivity contribution in [3.8, 4) is 57.3 Å². The van der Waals surface area contributed by atoms with Crippen LogP contribution in [0.5, 0.6) is 34.5 Å². The van der Waals surface area contributed by atoms with Gasteiger partial charge in [-0.3, -0.25) is 9.88 Å². The Morgan fingerprint density at radius 2 is 0.962 bits per heavy atom. The maximum absolute atomic E-state index is 12.4. The number of hydrogen-bond acceptors (Lipinski definition) is 10. The second-order valence-electron chi connectivity index (χ2n) is 4.89. The minimum absolute atomic E-state index is 0.0285. The van der Waals surface area contributed by atoms with E-state index in [9.17, 15) is 29.5 Å². The van der Waals surface area contributed by atoms with Crippen LogP contribution < -0.4 is 9.88 Å². The van der Waals surface area contributed by atoms with Crippen molar-refractivity contribution < 1.29 is 39.4 Å². The first-order valence-electron chi connectivity index (χ1n) is 6.72. The standard InChI is InChI=1S/C14H8F2N4O6/c15-25-9-3-5(1-7(21)11(9)23)13-17-19-14(20-18-13)6-2-8(22)12(24)10(4-6)26-16/h1-4,21-24H. The van der Waals surface area contributed by atoms with Gasteiger partial charge in [0.15, 0.2) is 11.5 Å². The Hall–Kier alpha value is -3.96. The van der Waals surface area contributed by atoms with Crippen molar-refractivity contribution in [2.45, 2.75) is 0 Å². The molecule has 0 aliphatic heterocycles. The summed E-state index contributed by atoms with van der Waals surface area (Å²) in [5.74, 6) is -4.65. The average Bonchev–Trinajstić information content (AvgIpc) is 2.66. The quantitative estimate of drug-likeness (QED) is 0.504. The van der Waals surface area contributed by atoms with Crippen LogP contribution in [0, 0.1) is 0 Å². The van der Waals surface area contributed by atoms with Crippen molar-refractivity contribution in [3.05, 3.63) is 24.3 Å². The summed E-state index contributed by atoms with van der Waals surface area (Å²) in [6.07, 6.45) is 0. The molecule has 3 aromatic rings. The van der Waals surface area contributed by atoms with Crippen LogP contribution in [-0.4, -0.2) is 40.8 Å². The molecule has 3 rings (SSSR count). The Labute approximate surface area is 142 Å². The second kappa shape index (κ2) is 6.51. The molecule has 26 heavy (non-hydrogen) atoms. The van der Waals surface area contributed by atoms with E-state index in [4.69, 9.17) is 0 Å². The van der Waals surface area contributed by atoms with Gasteiger partial charge in [0, 0.05) is 32.3 Å². The summed E-state index contributed by atoms with van der Waals surface area (Å²) in [4.78, 5) is 6.85. The van der Waals surface area contributed by atoms with Gasteiger partial charge in [-0.15, -0.1) is 20.4 Å². The topological polar surface area (TPSA) is 151 Å². The van der Waals surface area contributed by atoms with Gasteiger partial charge in [-0.1, -0.05) is 0 Å². The molecular weight excluding hydrogens is 358 g/mol. The summed E-state index contributed by atoms with van der Waals surface area (Å²) in [5, 5.41) is 52.6. The van der Waals surface area contributed by atoms with Crippen LogP contribution in [0.2, 0.25) is 0 Å². The number of nitrogens with zero attached hydrogens (tertiary/aromatic N) is 4. The lowest BCUT2D eigenvalue weighted by Gasteiger charge is -2.06. The highest BCUT2D eigenvalue weighted by molar-refractivity contribution is 5.67. The lowest BCUT2D eigenvalue weighted by atomic mass is 10.1. The van der Waals surface area contributed by atoms with Crippen LogP contribution in [0.3, 0.4) is 0 Å². The van der Waals surface area contributed by atoms with Crippen LogP contribution in [0.25, 0.3) is 22.8 Å². The van der Waals surface area contributed by atoms with Crippen molar-refractivity contribution in [3.63, 3.8) is 0 Å². The fourth-order valence-corrected chi connectivity index (χ4v) is 2.02. The van der Waals surface area contributed by atoms with Crippen molar-refractivity contribution in [1.29, 1.82) is 0 Å². The van der Waals surface area contributed by atoms with Gasteiger partial charge in [0.2, 0.25) is 34.6 Å². The highest BCUT2D eigenvalue weighted by atomic mass is 19.3. The summed E-state index contributed by atoms with van der Waals surface area (Å²) in [6, 6.07) is 4.04. The number of aromatic hydroxyl groups is 4. The van der Waals surface area contributed by atoms with Gasteiger partial charge < -0.3 is 20.4 Å². The zero-order valence-corrected chi connectivity index (χ0v) is 12.5. The Morgan fingerprint density at radius 3 is 1.27 bits per heavy atom. The highest BCUT2D eigenvalue weighted by Crippen LogP contribution is 2.40. The molecule has 0 spiro atoms. The van der Waals surface area contributed by atoms with Gasteiger partial charge in [0.1, 0.15) is 0 Å². The zero-order valence-electron chi connectivity index (χ0n) is 12.5. The number of aromatic nitrogens is 4. The van der Waals surface area contributed by atoms with E-state index in [0.29, 0.717) is 0 Å². The molecule has 1 aromatic heterocycles. The molecule has 0 unspecified atom stereocenters. The summed E-state index contributed by atoms with van der Waals surface area (Å²) in [6.45, 7) is 0. The third kappa shape index (κ3) is 2.90. The third-order valence-corrected chi connectivity index (χ3v) is 3.27. The average molecular weight is 366 g/mol. The fourth-order valence-electron chi connectivity index (χ4n) is 2.02. The van der Waals surface area contributed by atoms with E-state index < -0.39 is 34.5 Å². The largest absolute Gasteiger partial charge is 0.504 e. The van der Waals surface area contributed by atoms with Gasteiger partial charge in [-0.25, -0.2) is 0 Å². The Kier molecular flexibility index (Phi) is 4.22. The lowest BCUT2D eigenvalue weighted by molar-refractivity contribution is -0.00924. The van der Waals surface area contributed by atoms with Crippen LogP contribution in [-0.2, 0) is 0 Å². The highest BCUT2D eigenvalue weighted by Gasteiger charge is 2.17. The Balaban J connectivity index is 2.00. The van der Waals surface area contributed by atoms with Crippen molar-refractivity contribution in [2.24, 2.45) is 0 Å². The first-order chi connectivity index (χ1) is 12.4. The van der Waals surface area contributed by atoms with Gasteiger partial charge in [0.05, 0.1) is 0 Å². The molecule has 12 heteroatoms. The van der Waals surface area contributed by atoms with E-state index >= 15 is 0 Å². The molecule has 0 saturated heterocycles. The number of rotatable bonds is 4. The maximum atomic E-state index is 12.4. The summed E-state index contributed by atoms with van der Waals surface area (Å²) >= 11 is 0. The van der Waals surface area contributed by atoms with Crippen molar-refractivity contribution in [1.82, 2.24) is 20.4 Å². The van der Waals surface area contributed by atoms with Gasteiger partial charge in [0.25, 0.3) is 0 Å². The van der Waals surface area contributed by atoms with Crippen LogP contribution in [0.1, 0.15) is 0 Å². The summed E-state index contributed by atoms with van der Waals surface area (Å²) in [5.41, 5.74) is 0.0571. The van der Waals surface area contributed by atoms with Crippen molar-refractivity contribution >= 4 is 0 Å². The molecule has 0 aliphatic rings. The predicted molar refractivity (Wildman–Crippen MR) is 78.6 cm³/mol. The normalized spacial score (nSPS) is 10.5. The Bertz CT molecular complexity index is 892. The minimum Gasteiger partial charge on any atom is -0.504 e. The van der Waals surface area contributed by atoms with Gasteiger partial charge in [-0.2, -0.15) is 0 Å². The van der Waals surface area contributed by atoms with Crippen molar-refractivity contribution in [2.75, 3.05) is 0 Å². The van der Waals surface area contributed by atoms with Crippen LogP contribution >= 0.6 is 0 Å². The van der Waals surface area contributed by atoms with Gasteiger partial charge in [-0.05, 0) is 12.1 Å². The fraction of sp³-hybridized carbons (Fsp3) is 0. The molecule has 4 N–H and O–H groups in total. The lowest BCUT2D eigenvalue weighted by Crippen LogP contribution is -1.99. The van der Waals surface area contributed by atoms with Crippen LogP contribution in [0.15, 0.2) is 24.3 Å². The molecule has 10 nitrogen and oxygen atoms in total. The molecule has 0 bridgehead atoms. The predicted octanol–water partition coefficient (Wildman–Crippen LogP) is 1.95. The summed E-state index contributed by atoms with van der Waals surface area (Å²) in [7, 11) is 0. The smallest absolute Gasteiger partial charge is 0.218 e. The number of halogens is 2. The minimum atomic E-state index is -0.813. The molecule has 0 atom stereocenters. The first kappa shape index (κ1) is 16.9. The molecule has 0 aliphatic carbocycles. The van der Waals surface area contributed by atoms with E-state index in [1.165, 1.54) is 0 Å². The maximum Gasteiger partial charge on any atom is 0.218 e. The van der Waals surface area contributed by atoms with E-state index in [1.54, 1.807) is 0 Å². The van der Waals surface area contributed by atoms with E-state index in [-0.39, 0.29) is 22.8 Å². The van der Waals surface area contributed by atoms with E-state index in [1.807, 2.05) is 0 Å². The molecule has 2 aromatic carbocycles. The number of phenolic OH excluding ortho intramolecular Hbond substituents is 4.